The summed E-state index contributed by atoms with van der Waals surface area (Å²) in [5.41, 5.74) is 1.33. The maximum atomic E-state index is 10.9. The average molecular weight is 234 g/mol. The molecule has 0 fully saturated rings. The summed E-state index contributed by atoms with van der Waals surface area (Å²) in [6, 6.07) is 10.3. The lowest BCUT2D eigenvalue weighted by Gasteiger charge is -2.29. The first-order valence-corrected chi connectivity index (χ1v) is 6.15. The number of benzene rings is 1. The molecule has 0 amide bonds. The van der Waals surface area contributed by atoms with Gasteiger partial charge in [-0.2, -0.15) is 0 Å². The molecule has 94 valence electrons. The van der Waals surface area contributed by atoms with Gasteiger partial charge in [0.2, 0.25) is 0 Å². The summed E-state index contributed by atoms with van der Waals surface area (Å²) in [6.45, 7) is 6.35. The molecule has 0 spiro atoms. The number of hydrogen-bond acceptors (Lipinski definition) is 1. The van der Waals surface area contributed by atoms with E-state index in [0.29, 0.717) is 0 Å². The van der Waals surface area contributed by atoms with Crippen LogP contribution in [0.2, 0.25) is 0 Å². The minimum absolute atomic E-state index is 0.0488. The predicted molar refractivity (Wildman–Crippen MR) is 70.0 cm³/mol. The van der Waals surface area contributed by atoms with Gasteiger partial charge in [-0.1, -0.05) is 51.1 Å². The molecule has 17 heavy (non-hydrogen) atoms. The Morgan fingerprint density at radius 3 is 2.29 bits per heavy atom. The average Bonchev–Trinajstić information content (AvgIpc) is 2.23. The SMILES string of the molecule is CC(C)(C)[C@H](CCc1ccccc1)CC(=O)O. The van der Waals surface area contributed by atoms with Crippen LogP contribution in [0.3, 0.4) is 0 Å². The van der Waals surface area contributed by atoms with E-state index < -0.39 is 5.97 Å². The van der Waals surface area contributed by atoms with E-state index in [0.717, 1.165) is 12.8 Å². The fourth-order valence-corrected chi connectivity index (χ4v) is 2.04. The van der Waals surface area contributed by atoms with Crippen molar-refractivity contribution in [1.82, 2.24) is 0 Å². The third-order valence-electron chi connectivity index (χ3n) is 3.27. The highest BCUT2D eigenvalue weighted by atomic mass is 16.4. The van der Waals surface area contributed by atoms with Gasteiger partial charge in [-0.15, -0.1) is 0 Å². The minimum atomic E-state index is -0.696. The molecule has 1 aromatic rings. The van der Waals surface area contributed by atoms with Gasteiger partial charge in [-0.3, -0.25) is 4.79 Å². The largest absolute Gasteiger partial charge is 0.481 e. The maximum Gasteiger partial charge on any atom is 0.303 e. The summed E-state index contributed by atoms with van der Waals surface area (Å²) in [5.74, 6) is -0.474. The molecular weight excluding hydrogens is 212 g/mol. The number of rotatable bonds is 5. The van der Waals surface area contributed by atoms with Crippen LogP contribution in [-0.2, 0) is 11.2 Å². The molecule has 0 aliphatic heterocycles. The highest BCUT2D eigenvalue weighted by Gasteiger charge is 2.26. The zero-order valence-corrected chi connectivity index (χ0v) is 10.9. The lowest BCUT2D eigenvalue weighted by atomic mass is 9.76. The van der Waals surface area contributed by atoms with Gasteiger partial charge < -0.3 is 5.11 Å². The van der Waals surface area contributed by atoms with Crippen molar-refractivity contribution in [2.24, 2.45) is 11.3 Å². The van der Waals surface area contributed by atoms with Gasteiger partial charge in [-0.25, -0.2) is 0 Å². The second-order valence-electron chi connectivity index (χ2n) is 5.69. The quantitative estimate of drug-likeness (QED) is 0.842. The Bertz CT molecular complexity index is 349. The van der Waals surface area contributed by atoms with Gasteiger partial charge in [0.25, 0.3) is 0 Å². The van der Waals surface area contributed by atoms with Crippen LogP contribution in [0, 0.1) is 11.3 Å². The Balaban J connectivity index is 2.59. The summed E-state index contributed by atoms with van der Waals surface area (Å²) in [4.78, 5) is 10.9. The van der Waals surface area contributed by atoms with E-state index in [1.807, 2.05) is 18.2 Å². The second-order valence-corrected chi connectivity index (χ2v) is 5.69. The monoisotopic (exact) mass is 234 g/mol. The van der Waals surface area contributed by atoms with E-state index in [2.05, 4.69) is 32.9 Å². The highest BCUT2D eigenvalue weighted by Crippen LogP contribution is 2.32. The van der Waals surface area contributed by atoms with Crippen LogP contribution in [0.5, 0.6) is 0 Å². The number of aryl methyl sites for hydroxylation is 1. The standard InChI is InChI=1S/C15H22O2/c1-15(2,3)13(11-14(16)17)10-9-12-7-5-4-6-8-12/h4-8,13H,9-11H2,1-3H3,(H,16,17)/t13-/m1/s1. The molecule has 2 heteroatoms. The Labute approximate surface area is 104 Å². The molecule has 1 rings (SSSR count). The topological polar surface area (TPSA) is 37.3 Å². The Kier molecular flexibility index (Phi) is 4.73. The predicted octanol–water partition coefficient (Wildman–Crippen LogP) is 3.76. The van der Waals surface area contributed by atoms with E-state index in [1.165, 1.54) is 5.56 Å². The van der Waals surface area contributed by atoms with Crippen LogP contribution in [0.4, 0.5) is 0 Å². The molecule has 0 unspecified atom stereocenters. The molecule has 0 heterocycles. The molecule has 1 atom stereocenters. The van der Waals surface area contributed by atoms with E-state index in [4.69, 9.17) is 5.11 Å². The summed E-state index contributed by atoms with van der Waals surface area (Å²) in [6.07, 6.45) is 2.15. The first kappa shape index (κ1) is 13.8. The smallest absolute Gasteiger partial charge is 0.303 e. The van der Waals surface area contributed by atoms with Crippen molar-refractivity contribution < 1.29 is 9.90 Å². The van der Waals surface area contributed by atoms with Gasteiger partial charge in [0.1, 0.15) is 0 Å². The summed E-state index contributed by atoms with van der Waals surface area (Å²) in [7, 11) is 0. The van der Waals surface area contributed by atoms with Crippen molar-refractivity contribution in [1.29, 1.82) is 0 Å². The molecule has 0 aliphatic rings. The van der Waals surface area contributed by atoms with E-state index in [9.17, 15) is 4.79 Å². The number of aliphatic carboxylic acids is 1. The Hall–Kier alpha value is -1.31. The van der Waals surface area contributed by atoms with Crippen molar-refractivity contribution in [2.75, 3.05) is 0 Å². The lowest BCUT2D eigenvalue weighted by molar-refractivity contribution is -0.139. The van der Waals surface area contributed by atoms with E-state index >= 15 is 0 Å². The molecule has 0 bridgehead atoms. The van der Waals surface area contributed by atoms with Crippen LogP contribution in [0.1, 0.15) is 39.2 Å². The molecule has 1 aromatic carbocycles. The van der Waals surface area contributed by atoms with Crippen LogP contribution < -0.4 is 0 Å². The number of carboxylic acid groups (broad SMARTS) is 1. The van der Waals surface area contributed by atoms with Crippen LogP contribution in [0.25, 0.3) is 0 Å². The van der Waals surface area contributed by atoms with Gasteiger partial charge in [0, 0.05) is 6.42 Å². The van der Waals surface area contributed by atoms with Crippen LogP contribution in [-0.4, -0.2) is 11.1 Å². The molecular formula is C15H22O2. The fraction of sp³-hybridized carbons (Fsp3) is 0.533. The molecule has 2 nitrogen and oxygen atoms in total. The number of carbonyl (C=O) groups is 1. The van der Waals surface area contributed by atoms with E-state index in [-0.39, 0.29) is 17.8 Å². The van der Waals surface area contributed by atoms with Gasteiger partial charge in [0.05, 0.1) is 0 Å². The Morgan fingerprint density at radius 1 is 1.24 bits per heavy atom. The molecule has 0 aliphatic carbocycles. The normalized spacial score (nSPS) is 13.4. The third kappa shape index (κ3) is 5.03. The second kappa shape index (κ2) is 5.85. The molecule has 0 saturated carbocycles. The maximum absolute atomic E-state index is 10.9. The molecule has 0 saturated heterocycles. The zero-order valence-electron chi connectivity index (χ0n) is 10.9. The Morgan fingerprint density at radius 2 is 1.82 bits per heavy atom. The zero-order chi connectivity index (χ0) is 12.9. The first-order valence-electron chi connectivity index (χ1n) is 6.15. The first-order chi connectivity index (χ1) is 7.89. The molecule has 0 aromatic heterocycles. The van der Waals surface area contributed by atoms with Crippen molar-refractivity contribution in [3.63, 3.8) is 0 Å². The summed E-state index contributed by atoms with van der Waals surface area (Å²) in [5, 5.41) is 8.94. The van der Waals surface area contributed by atoms with Crippen LogP contribution >= 0.6 is 0 Å². The third-order valence-corrected chi connectivity index (χ3v) is 3.27. The minimum Gasteiger partial charge on any atom is -0.481 e. The molecule has 1 N–H and O–H groups in total. The van der Waals surface area contributed by atoms with Gasteiger partial charge in [-0.05, 0) is 29.7 Å². The van der Waals surface area contributed by atoms with E-state index in [1.54, 1.807) is 0 Å². The van der Waals surface area contributed by atoms with Crippen molar-refractivity contribution in [3.8, 4) is 0 Å². The lowest BCUT2D eigenvalue weighted by Crippen LogP contribution is -2.24. The number of carboxylic acids is 1. The number of hydrogen-bond donors (Lipinski definition) is 1. The highest BCUT2D eigenvalue weighted by molar-refractivity contribution is 5.67. The van der Waals surface area contributed by atoms with Gasteiger partial charge >= 0.3 is 5.97 Å². The van der Waals surface area contributed by atoms with Crippen molar-refractivity contribution in [2.45, 2.75) is 40.0 Å². The van der Waals surface area contributed by atoms with Crippen molar-refractivity contribution in [3.05, 3.63) is 35.9 Å². The summed E-state index contributed by atoms with van der Waals surface area (Å²) >= 11 is 0. The van der Waals surface area contributed by atoms with Crippen molar-refractivity contribution >= 4 is 5.97 Å². The van der Waals surface area contributed by atoms with Gasteiger partial charge in [0.15, 0.2) is 0 Å². The fourth-order valence-electron chi connectivity index (χ4n) is 2.04. The molecule has 0 radical (unpaired) electrons. The van der Waals surface area contributed by atoms with Crippen LogP contribution in [0.15, 0.2) is 30.3 Å². The summed E-state index contributed by atoms with van der Waals surface area (Å²) < 4.78 is 0.